The lowest BCUT2D eigenvalue weighted by molar-refractivity contribution is 0.190. The van der Waals surface area contributed by atoms with Crippen molar-refractivity contribution in [3.8, 4) is 0 Å². The van der Waals surface area contributed by atoms with Gasteiger partial charge in [0.2, 0.25) is 0 Å². The fourth-order valence-electron chi connectivity index (χ4n) is 1.86. The lowest BCUT2D eigenvalue weighted by Gasteiger charge is -2.20. The molecule has 0 aliphatic rings. The minimum absolute atomic E-state index is 0.212. The lowest BCUT2D eigenvalue weighted by atomic mass is 10.2. The second kappa shape index (κ2) is 8.89. The molecule has 0 radical (unpaired) electrons. The van der Waals surface area contributed by atoms with Crippen molar-refractivity contribution in [3.63, 3.8) is 0 Å². The normalized spacial score (nSPS) is 10.9. The van der Waals surface area contributed by atoms with Crippen molar-refractivity contribution in [1.29, 1.82) is 0 Å². The van der Waals surface area contributed by atoms with Gasteiger partial charge in [0.25, 0.3) is 0 Å². The highest BCUT2D eigenvalue weighted by Crippen LogP contribution is 2.08. The second-order valence-electron chi connectivity index (χ2n) is 4.48. The van der Waals surface area contributed by atoms with Gasteiger partial charge in [-0.15, -0.1) is 0 Å². The molecule has 0 bridgehead atoms. The van der Waals surface area contributed by atoms with Gasteiger partial charge in [-0.05, 0) is 31.0 Å². The molecule has 1 aromatic rings. The molecule has 0 amide bonds. The van der Waals surface area contributed by atoms with E-state index in [0.717, 1.165) is 44.8 Å². The fourth-order valence-corrected chi connectivity index (χ4v) is 1.86. The molecule has 4 heteroatoms. The van der Waals surface area contributed by atoms with E-state index >= 15 is 0 Å². The Morgan fingerprint density at radius 3 is 2.61 bits per heavy atom. The Labute approximate surface area is 110 Å². The SMILES string of the molecule is CCCNc1ccc(CN(CCC)CCO)cn1. The Hall–Kier alpha value is -1.13. The van der Waals surface area contributed by atoms with E-state index in [9.17, 15) is 0 Å². The average molecular weight is 251 g/mol. The summed E-state index contributed by atoms with van der Waals surface area (Å²) in [5.74, 6) is 0.935. The molecule has 0 fully saturated rings. The van der Waals surface area contributed by atoms with Crippen molar-refractivity contribution < 1.29 is 5.11 Å². The zero-order valence-corrected chi connectivity index (χ0v) is 11.5. The summed E-state index contributed by atoms with van der Waals surface area (Å²) in [6.07, 6.45) is 4.12. The molecule has 0 spiro atoms. The van der Waals surface area contributed by atoms with Crippen LogP contribution in [0.1, 0.15) is 32.3 Å². The van der Waals surface area contributed by atoms with Crippen LogP contribution in [0.3, 0.4) is 0 Å². The molecule has 4 nitrogen and oxygen atoms in total. The molecular weight excluding hydrogens is 226 g/mol. The Morgan fingerprint density at radius 1 is 1.22 bits per heavy atom. The van der Waals surface area contributed by atoms with Crippen molar-refractivity contribution in [2.75, 3.05) is 31.6 Å². The number of aromatic nitrogens is 1. The van der Waals surface area contributed by atoms with E-state index in [0.29, 0.717) is 0 Å². The van der Waals surface area contributed by atoms with Gasteiger partial charge < -0.3 is 10.4 Å². The van der Waals surface area contributed by atoms with E-state index < -0.39 is 0 Å². The largest absolute Gasteiger partial charge is 0.395 e. The molecule has 0 unspecified atom stereocenters. The predicted molar refractivity (Wildman–Crippen MR) is 75.7 cm³/mol. The van der Waals surface area contributed by atoms with Gasteiger partial charge in [0.15, 0.2) is 0 Å². The summed E-state index contributed by atoms with van der Waals surface area (Å²) in [7, 11) is 0. The van der Waals surface area contributed by atoms with Crippen LogP contribution in [0.4, 0.5) is 5.82 Å². The van der Waals surface area contributed by atoms with Crippen molar-refractivity contribution in [2.24, 2.45) is 0 Å². The lowest BCUT2D eigenvalue weighted by Crippen LogP contribution is -2.27. The fraction of sp³-hybridized carbons (Fsp3) is 0.643. The highest BCUT2D eigenvalue weighted by Gasteiger charge is 2.04. The monoisotopic (exact) mass is 251 g/mol. The van der Waals surface area contributed by atoms with Gasteiger partial charge in [0, 0.05) is 25.8 Å². The van der Waals surface area contributed by atoms with E-state index in [-0.39, 0.29) is 6.61 Å². The molecule has 1 aromatic heterocycles. The molecule has 102 valence electrons. The number of hydrogen-bond donors (Lipinski definition) is 2. The van der Waals surface area contributed by atoms with Crippen LogP contribution in [0.15, 0.2) is 18.3 Å². The quantitative estimate of drug-likeness (QED) is 0.705. The summed E-state index contributed by atoms with van der Waals surface area (Å²) in [6.45, 7) is 8.05. The maximum Gasteiger partial charge on any atom is 0.125 e. The predicted octanol–water partition coefficient (Wildman–Crippen LogP) is 2.11. The number of nitrogens with zero attached hydrogens (tertiary/aromatic N) is 2. The van der Waals surface area contributed by atoms with Crippen LogP contribution < -0.4 is 5.32 Å². The van der Waals surface area contributed by atoms with E-state index in [1.165, 1.54) is 5.56 Å². The van der Waals surface area contributed by atoms with Gasteiger partial charge in [-0.1, -0.05) is 19.9 Å². The summed E-state index contributed by atoms with van der Waals surface area (Å²) >= 11 is 0. The van der Waals surface area contributed by atoms with Gasteiger partial charge in [-0.25, -0.2) is 4.98 Å². The maximum atomic E-state index is 9.02. The molecule has 0 saturated heterocycles. The highest BCUT2D eigenvalue weighted by molar-refractivity contribution is 5.35. The first-order valence-electron chi connectivity index (χ1n) is 6.82. The summed E-state index contributed by atoms with van der Waals surface area (Å²) in [6, 6.07) is 4.12. The second-order valence-corrected chi connectivity index (χ2v) is 4.48. The van der Waals surface area contributed by atoms with Crippen molar-refractivity contribution in [3.05, 3.63) is 23.9 Å². The first-order valence-corrected chi connectivity index (χ1v) is 6.82. The van der Waals surface area contributed by atoms with Crippen LogP contribution in [0.25, 0.3) is 0 Å². The average Bonchev–Trinajstić information content (AvgIpc) is 2.38. The van der Waals surface area contributed by atoms with E-state index in [4.69, 9.17) is 5.11 Å². The highest BCUT2D eigenvalue weighted by atomic mass is 16.3. The van der Waals surface area contributed by atoms with E-state index in [1.807, 2.05) is 12.3 Å². The molecule has 0 aromatic carbocycles. The van der Waals surface area contributed by atoms with Crippen LogP contribution in [0, 0.1) is 0 Å². The summed E-state index contributed by atoms with van der Waals surface area (Å²) < 4.78 is 0. The molecular formula is C14H25N3O. The van der Waals surface area contributed by atoms with E-state index in [1.54, 1.807) is 0 Å². The Bertz CT molecular complexity index is 307. The molecule has 0 atom stereocenters. The smallest absolute Gasteiger partial charge is 0.125 e. The first kappa shape index (κ1) is 14.9. The third kappa shape index (κ3) is 5.47. The maximum absolute atomic E-state index is 9.02. The van der Waals surface area contributed by atoms with Crippen LogP contribution in [0.5, 0.6) is 0 Å². The molecule has 2 N–H and O–H groups in total. The van der Waals surface area contributed by atoms with Gasteiger partial charge >= 0.3 is 0 Å². The minimum atomic E-state index is 0.212. The van der Waals surface area contributed by atoms with Gasteiger partial charge in [-0.2, -0.15) is 0 Å². The van der Waals surface area contributed by atoms with Crippen LogP contribution in [-0.4, -0.2) is 41.2 Å². The summed E-state index contributed by atoms with van der Waals surface area (Å²) in [5, 5.41) is 12.3. The molecule has 0 aliphatic carbocycles. The Kier molecular flexibility index (Phi) is 7.37. The van der Waals surface area contributed by atoms with Crippen LogP contribution in [-0.2, 0) is 6.54 Å². The third-order valence-corrected chi connectivity index (χ3v) is 2.74. The van der Waals surface area contributed by atoms with Gasteiger partial charge in [0.1, 0.15) is 5.82 Å². The molecule has 1 heterocycles. The standard InChI is InChI=1S/C14H25N3O/c1-3-7-15-14-6-5-13(11-16-14)12-17(8-4-2)9-10-18/h5-6,11,18H,3-4,7-10,12H2,1-2H3,(H,15,16). The molecule has 0 saturated carbocycles. The van der Waals surface area contributed by atoms with E-state index in [2.05, 4.69) is 35.1 Å². The summed E-state index contributed by atoms with van der Waals surface area (Å²) in [5.41, 5.74) is 1.19. The zero-order valence-electron chi connectivity index (χ0n) is 11.5. The van der Waals surface area contributed by atoms with Gasteiger partial charge in [0.05, 0.1) is 6.61 Å². The number of nitrogens with one attached hydrogen (secondary N) is 1. The number of anilines is 1. The third-order valence-electron chi connectivity index (χ3n) is 2.74. The number of hydrogen-bond acceptors (Lipinski definition) is 4. The minimum Gasteiger partial charge on any atom is -0.395 e. The Balaban J connectivity index is 2.50. The number of pyridine rings is 1. The first-order chi connectivity index (χ1) is 8.80. The zero-order chi connectivity index (χ0) is 13.2. The van der Waals surface area contributed by atoms with Crippen molar-refractivity contribution >= 4 is 5.82 Å². The molecule has 18 heavy (non-hydrogen) atoms. The van der Waals surface area contributed by atoms with Crippen LogP contribution >= 0.6 is 0 Å². The van der Waals surface area contributed by atoms with Crippen LogP contribution in [0.2, 0.25) is 0 Å². The number of aliphatic hydroxyl groups is 1. The molecule has 1 rings (SSSR count). The number of aliphatic hydroxyl groups excluding tert-OH is 1. The molecule has 0 aliphatic heterocycles. The summed E-state index contributed by atoms with van der Waals surface area (Å²) in [4.78, 5) is 6.64. The Morgan fingerprint density at radius 2 is 2.06 bits per heavy atom. The topological polar surface area (TPSA) is 48.4 Å². The van der Waals surface area contributed by atoms with Crippen molar-refractivity contribution in [1.82, 2.24) is 9.88 Å². The van der Waals surface area contributed by atoms with Crippen molar-refractivity contribution in [2.45, 2.75) is 33.2 Å². The van der Waals surface area contributed by atoms with Gasteiger partial charge in [-0.3, -0.25) is 4.90 Å². The number of rotatable bonds is 9.